The second-order valence-corrected chi connectivity index (χ2v) is 0.238. The second-order valence-electron chi connectivity index (χ2n) is 0.238. The van der Waals surface area contributed by atoms with Crippen LogP contribution in [-0.4, -0.2) is 48.0 Å². The molecule has 0 radical (unpaired) electrons. The molecule has 38 valence electrons. The van der Waals surface area contributed by atoms with E-state index in [0.29, 0.717) is 0 Å². The van der Waals surface area contributed by atoms with E-state index < -0.39 is 5.09 Å². The Hall–Kier alpha value is 1.75. The van der Waals surface area contributed by atoms with Gasteiger partial charge in [0.05, 0.1) is 0 Å². The third-order valence-electron chi connectivity index (χ3n) is 0. The third-order valence-corrected chi connectivity index (χ3v) is 0. The molecule has 0 aliphatic heterocycles. The maximum atomic E-state index is 8.36. The van der Waals surface area contributed by atoms with Crippen LogP contribution in [0.1, 0.15) is 4.28 Å². The van der Waals surface area contributed by atoms with Crippen LogP contribution < -0.4 is 29.6 Å². The Bertz CT molecular complexity index is 46.7. The van der Waals surface area contributed by atoms with E-state index in [1.54, 1.807) is 0 Å². The summed E-state index contributed by atoms with van der Waals surface area (Å²) in [5.41, 5.74) is 0. The van der Waals surface area contributed by atoms with E-state index in [1.165, 1.54) is 0 Å². The summed E-state index contributed by atoms with van der Waals surface area (Å²) in [5.74, 6) is 0. The molecule has 0 saturated heterocycles. The Labute approximate surface area is 103 Å². The first kappa shape index (κ1) is 23.3. The van der Waals surface area contributed by atoms with Crippen molar-refractivity contribution in [1.82, 2.24) is 0 Å². The van der Waals surface area contributed by atoms with Gasteiger partial charge in [0, 0.05) is 0 Å². The second kappa shape index (κ2) is 15.7. The first-order valence-electron chi connectivity index (χ1n) is 0.565. The molecule has 0 aromatic carbocycles. The summed E-state index contributed by atoms with van der Waals surface area (Å²) in [7, 11) is 0. The Kier molecular flexibility index (Phi) is 52.1. The molecule has 0 atom stereocenters. The summed E-state index contributed by atoms with van der Waals surface area (Å²) in [6.07, 6.45) is 0. The van der Waals surface area contributed by atoms with Gasteiger partial charge in [0.25, 0.3) is 5.09 Å². The van der Waals surface area contributed by atoms with Crippen molar-refractivity contribution < 1.29 is 44.1 Å². The van der Waals surface area contributed by atoms with Crippen molar-refractivity contribution in [3.63, 3.8) is 0 Å². The topological polar surface area (TPSA) is 63.4 Å². The SMILES string of the molecule is Cl.O=[N+]([O-])O.[Ca+2].[H-].[H-].[H-].[Na+]. The predicted molar refractivity (Wildman–Crippen MR) is 25.1 cm³/mol. The molecule has 0 rings (SSSR count). The molecule has 0 aliphatic rings. The summed E-state index contributed by atoms with van der Waals surface area (Å²) in [6.45, 7) is 0. The van der Waals surface area contributed by atoms with Crippen molar-refractivity contribution in [1.29, 1.82) is 0 Å². The Morgan fingerprint density at radius 2 is 1.71 bits per heavy atom. The van der Waals surface area contributed by atoms with E-state index in [9.17, 15) is 0 Å². The molecule has 0 spiro atoms. The average molecular weight is 166 g/mol. The normalized spacial score (nSPS) is 3.43. The van der Waals surface area contributed by atoms with Gasteiger partial charge in [-0.15, -0.1) is 22.5 Å². The van der Waals surface area contributed by atoms with Crippen LogP contribution in [0.3, 0.4) is 0 Å². The third kappa shape index (κ3) is 83.7. The minimum Gasteiger partial charge on any atom is -1.00 e. The van der Waals surface area contributed by atoms with Crippen LogP contribution in [-0.2, 0) is 0 Å². The Balaban J connectivity index is -0.00000000300. The van der Waals surface area contributed by atoms with Gasteiger partial charge >= 0.3 is 67.3 Å². The molecule has 0 unspecified atom stereocenters. The first-order valence-corrected chi connectivity index (χ1v) is 0.565. The van der Waals surface area contributed by atoms with Gasteiger partial charge in [0.15, 0.2) is 0 Å². The molecule has 7 heteroatoms. The van der Waals surface area contributed by atoms with E-state index in [4.69, 9.17) is 15.3 Å². The molecule has 0 aliphatic carbocycles. The summed E-state index contributed by atoms with van der Waals surface area (Å²) in [5, 5.41) is 13.6. The van der Waals surface area contributed by atoms with E-state index in [1.807, 2.05) is 0 Å². The summed E-state index contributed by atoms with van der Waals surface area (Å²) < 4.78 is 0. The van der Waals surface area contributed by atoms with E-state index in [0.717, 1.165) is 0 Å². The molecule has 0 bridgehead atoms. The minimum atomic E-state index is -1.50. The fourth-order valence-electron chi connectivity index (χ4n) is 0. The number of halogens is 1. The summed E-state index contributed by atoms with van der Waals surface area (Å²) in [6, 6.07) is 0. The zero-order chi connectivity index (χ0) is 3.58. The number of hydrogen-bond donors (Lipinski definition) is 1. The fraction of sp³-hybridized carbons (Fsp3) is 0. The predicted octanol–water partition coefficient (Wildman–Crippen LogP) is -2.97. The van der Waals surface area contributed by atoms with E-state index >= 15 is 0 Å². The Morgan fingerprint density at radius 1 is 1.71 bits per heavy atom. The van der Waals surface area contributed by atoms with Crippen molar-refractivity contribution in [3.8, 4) is 0 Å². The summed E-state index contributed by atoms with van der Waals surface area (Å²) in [4.78, 5) is 8.36. The maximum absolute atomic E-state index is 8.36. The van der Waals surface area contributed by atoms with Crippen LogP contribution in [0.5, 0.6) is 0 Å². The molecule has 7 heavy (non-hydrogen) atoms. The van der Waals surface area contributed by atoms with Crippen molar-refractivity contribution in [2.45, 2.75) is 0 Å². The molecule has 0 saturated carbocycles. The van der Waals surface area contributed by atoms with Gasteiger partial charge in [0.2, 0.25) is 0 Å². The van der Waals surface area contributed by atoms with Gasteiger partial charge in [-0.2, -0.15) is 0 Å². The average Bonchev–Trinajstić information content (AvgIpc) is 0.811. The monoisotopic (exact) mass is 165 g/mol. The molecule has 0 aromatic heterocycles. The summed E-state index contributed by atoms with van der Waals surface area (Å²) >= 11 is 0. The van der Waals surface area contributed by atoms with Crippen LogP contribution in [0.25, 0.3) is 0 Å². The zero-order valence-electron chi connectivity index (χ0n) is 6.83. The van der Waals surface area contributed by atoms with Gasteiger partial charge in [0.1, 0.15) is 0 Å². The van der Waals surface area contributed by atoms with Crippen LogP contribution >= 0.6 is 12.4 Å². The van der Waals surface area contributed by atoms with E-state index in [2.05, 4.69) is 0 Å². The number of hydrogen-bond acceptors (Lipinski definition) is 2. The molecule has 0 aromatic rings. The van der Waals surface area contributed by atoms with Crippen molar-refractivity contribution in [2.75, 3.05) is 0 Å². The van der Waals surface area contributed by atoms with Gasteiger partial charge in [-0.25, -0.2) is 0 Å². The number of nitrogens with zero attached hydrogens (tertiary/aromatic N) is 1. The van der Waals surface area contributed by atoms with Gasteiger partial charge < -0.3 is 9.49 Å². The van der Waals surface area contributed by atoms with Crippen LogP contribution in [0, 0.1) is 10.1 Å². The van der Waals surface area contributed by atoms with Crippen molar-refractivity contribution in [3.05, 3.63) is 10.1 Å². The van der Waals surface area contributed by atoms with Gasteiger partial charge in [-0.1, -0.05) is 0 Å². The molecule has 0 amide bonds. The standard InChI is InChI=1S/Ca.ClH.HNO3.Na.3H/c;;2-1(3)4;;;;/h;1H;(H,2,3,4);;;;/q+2;;;+1;3*-1. The van der Waals surface area contributed by atoms with Gasteiger partial charge in [-0.05, 0) is 0 Å². The van der Waals surface area contributed by atoms with Crippen LogP contribution in [0.4, 0.5) is 0 Å². The van der Waals surface area contributed by atoms with Crippen LogP contribution in [0.15, 0.2) is 0 Å². The Morgan fingerprint density at radius 3 is 1.71 bits per heavy atom. The van der Waals surface area contributed by atoms with E-state index in [-0.39, 0.29) is 84.0 Å². The molecule has 0 fully saturated rings. The molecule has 4 nitrogen and oxygen atoms in total. The van der Waals surface area contributed by atoms with Crippen molar-refractivity contribution >= 4 is 50.1 Å². The van der Waals surface area contributed by atoms with Gasteiger partial charge in [-0.3, -0.25) is 0 Å². The van der Waals surface area contributed by atoms with Crippen LogP contribution in [0.2, 0.25) is 0 Å². The smallest absolute Gasteiger partial charge is 1.00 e. The van der Waals surface area contributed by atoms with Crippen molar-refractivity contribution in [2.24, 2.45) is 0 Å². The molecule has 1 N–H and O–H groups in total. The number of rotatable bonds is 0. The zero-order valence-corrected chi connectivity index (χ0v) is 8.85. The molecular formula is H5CaClNNaO3. The minimum absolute atomic E-state index is 0. The maximum Gasteiger partial charge on any atom is 2.00 e. The fourth-order valence-corrected chi connectivity index (χ4v) is 0. The largest absolute Gasteiger partial charge is 2.00 e. The first-order chi connectivity index (χ1) is 1.73. The quantitative estimate of drug-likeness (QED) is 0.237. The molecular weight excluding hydrogens is 161 g/mol. The molecule has 0 heterocycles.